The zero-order chi connectivity index (χ0) is 21.6. The first-order valence-electron chi connectivity index (χ1n) is 9.34. The second-order valence-corrected chi connectivity index (χ2v) is 8.38. The normalized spacial score (nSPS) is 10.7. The third kappa shape index (κ3) is 5.44. The molecule has 0 fully saturated rings. The summed E-state index contributed by atoms with van der Waals surface area (Å²) in [4.78, 5) is 34.5. The number of rotatable bonds is 7. The first-order valence-corrected chi connectivity index (χ1v) is 11.2. The van der Waals surface area contributed by atoms with Crippen molar-refractivity contribution in [2.24, 2.45) is 0 Å². The number of halogens is 1. The molecule has 2 N–H and O–H groups in total. The maximum Gasteiger partial charge on any atom is 0.243 e. The molecule has 0 aliphatic rings. The standard InChI is InChI=1S/C22H17FN4O2S2/c23-14-7-9-15(10-8-14)25-19(28)12-24-20(29)13-31-22-16-4-1-2-5-17(16)26-21(27-22)18-6-3-11-30-18/h1-11H,12-13H2,(H,24,29)(H,25,28). The van der Waals surface area contributed by atoms with E-state index in [-0.39, 0.29) is 24.0 Å². The van der Waals surface area contributed by atoms with Gasteiger partial charge in [0.15, 0.2) is 5.82 Å². The second-order valence-electron chi connectivity index (χ2n) is 6.47. The van der Waals surface area contributed by atoms with Crippen molar-refractivity contribution in [1.82, 2.24) is 15.3 Å². The highest BCUT2D eigenvalue weighted by Crippen LogP contribution is 2.29. The molecule has 0 aliphatic carbocycles. The highest BCUT2D eigenvalue weighted by atomic mass is 32.2. The zero-order valence-corrected chi connectivity index (χ0v) is 17.8. The summed E-state index contributed by atoms with van der Waals surface area (Å²) in [6, 6.07) is 17.0. The number of thiophene rings is 1. The molecule has 2 heterocycles. The summed E-state index contributed by atoms with van der Waals surface area (Å²) in [7, 11) is 0. The molecule has 0 saturated heterocycles. The maximum atomic E-state index is 12.9. The number of nitrogens with one attached hydrogen (secondary N) is 2. The molecule has 156 valence electrons. The number of para-hydroxylation sites is 1. The number of amides is 2. The fourth-order valence-electron chi connectivity index (χ4n) is 2.78. The van der Waals surface area contributed by atoms with Crippen LogP contribution < -0.4 is 10.6 Å². The van der Waals surface area contributed by atoms with Gasteiger partial charge in [0, 0.05) is 11.1 Å². The molecule has 0 aliphatic heterocycles. The lowest BCUT2D eigenvalue weighted by atomic mass is 10.2. The van der Waals surface area contributed by atoms with Gasteiger partial charge in [0.05, 0.1) is 22.7 Å². The SMILES string of the molecule is O=C(CSc1nc(-c2cccs2)nc2ccccc12)NCC(=O)Nc1ccc(F)cc1. The van der Waals surface area contributed by atoms with Gasteiger partial charge in [-0.25, -0.2) is 14.4 Å². The van der Waals surface area contributed by atoms with Crippen molar-refractivity contribution in [3.63, 3.8) is 0 Å². The zero-order valence-electron chi connectivity index (χ0n) is 16.2. The van der Waals surface area contributed by atoms with Crippen LogP contribution in [-0.2, 0) is 9.59 Å². The van der Waals surface area contributed by atoms with E-state index in [0.29, 0.717) is 16.5 Å². The number of hydrogen-bond donors (Lipinski definition) is 2. The minimum Gasteiger partial charge on any atom is -0.346 e. The Balaban J connectivity index is 1.37. The minimum atomic E-state index is -0.391. The number of anilines is 1. The molecule has 2 amide bonds. The van der Waals surface area contributed by atoms with E-state index in [0.717, 1.165) is 15.8 Å². The Morgan fingerprint density at radius 3 is 2.55 bits per heavy atom. The van der Waals surface area contributed by atoms with E-state index < -0.39 is 5.91 Å². The average Bonchev–Trinajstić information content (AvgIpc) is 3.32. The number of carbonyl (C=O) groups excluding carboxylic acids is 2. The van der Waals surface area contributed by atoms with Crippen LogP contribution in [0.2, 0.25) is 0 Å². The molecule has 2 aromatic heterocycles. The van der Waals surface area contributed by atoms with Gasteiger partial charge in [-0.05, 0) is 41.8 Å². The Bertz CT molecular complexity index is 1210. The van der Waals surface area contributed by atoms with Gasteiger partial charge in [-0.3, -0.25) is 9.59 Å². The molecule has 0 radical (unpaired) electrons. The first kappa shape index (κ1) is 21.0. The largest absolute Gasteiger partial charge is 0.346 e. The highest BCUT2D eigenvalue weighted by molar-refractivity contribution is 8.00. The van der Waals surface area contributed by atoms with E-state index in [1.807, 2.05) is 41.8 Å². The van der Waals surface area contributed by atoms with Crippen LogP contribution in [0.4, 0.5) is 10.1 Å². The third-order valence-electron chi connectivity index (χ3n) is 4.22. The molecule has 6 nitrogen and oxygen atoms in total. The van der Waals surface area contributed by atoms with Crippen LogP contribution in [0.3, 0.4) is 0 Å². The third-order valence-corrected chi connectivity index (χ3v) is 6.08. The van der Waals surface area contributed by atoms with Crippen LogP contribution in [0.1, 0.15) is 0 Å². The monoisotopic (exact) mass is 452 g/mol. The first-order chi connectivity index (χ1) is 15.1. The fraction of sp³-hybridized carbons (Fsp3) is 0.0909. The Morgan fingerprint density at radius 1 is 0.968 bits per heavy atom. The molecule has 0 spiro atoms. The van der Waals surface area contributed by atoms with Crippen LogP contribution in [0, 0.1) is 5.82 Å². The molecule has 4 aromatic rings. The Kier molecular flexibility index (Phi) is 6.54. The number of aromatic nitrogens is 2. The molecular formula is C22H17FN4O2S2. The van der Waals surface area contributed by atoms with Gasteiger partial charge in [0.25, 0.3) is 0 Å². The van der Waals surface area contributed by atoms with Crippen molar-refractivity contribution < 1.29 is 14.0 Å². The highest BCUT2D eigenvalue weighted by Gasteiger charge is 2.13. The lowest BCUT2D eigenvalue weighted by molar-refractivity contribution is -0.122. The quantitative estimate of drug-likeness (QED) is 0.322. The molecule has 9 heteroatoms. The van der Waals surface area contributed by atoms with E-state index in [2.05, 4.69) is 20.6 Å². The summed E-state index contributed by atoms with van der Waals surface area (Å²) in [5.41, 5.74) is 1.27. The number of hydrogen-bond acceptors (Lipinski definition) is 6. The Hall–Kier alpha value is -3.30. The van der Waals surface area contributed by atoms with Gasteiger partial charge in [0.2, 0.25) is 11.8 Å². The van der Waals surface area contributed by atoms with Crippen molar-refractivity contribution in [3.8, 4) is 10.7 Å². The van der Waals surface area contributed by atoms with Crippen LogP contribution in [-0.4, -0.2) is 34.1 Å². The molecule has 2 aromatic carbocycles. The topological polar surface area (TPSA) is 84.0 Å². The smallest absolute Gasteiger partial charge is 0.243 e. The number of nitrogens with zero attached hydrogens (tertiary/aromatic N) is 2. The van der Waals surface area contributed by atoms with Crippen molar-refractivity contribution in [1.29, 1.82) is 0 Å². The van der Waals surface area contributed by atoms with E-state index in [1.54, 1.807) is 11.3 Å². The van der Waals surface area contributed by atoms with E-state index in [1.165, 1.54) is 36.0 Å². The number of thioether (sulfide) groups is 1. The molecule has 0 unspecified atom stereocenters. The lowest BCUT2D eigenvalue weighted by Crippen LogP contribution is -2.33. The molecule has 4 rings (SSSR count). The second kappa shape index (κ2) is 9.67. The van der Waals surface area contributed by atoms with Crippen molar-refractivity contribution in [2.45, 2.75) is 5.03 Å². The average molecular weight is 453 g/mol. The van der Waals surface area contributed by atoms with E-state index in [9.17, 15) is 14.0 Å². The summed E-state index contributed by atoms with van der Waals surface area (Å²) in [5.74, 6) is -0.343. The van der Waals surface area contributed by atoms with Crippen LogP contribution in [0.5, 0.6) is 0 Å². The van der Waals surface area contributed by atoms with Gasteiger partial charge in [-0.15, -0.1) is 11.3 Å². The van der Waals surface area contributed by atoms with Gasteiger partial charge in [0.1, 0.15) is 10.8 Å². The van der Waals surface area contributed by atoms with Gasteiger partial charge < -0.3 is 10.6 Å². The van der Waals surface area contributed by atoms with Crippen LogP contribution in [0.25, 0.3) is 21.6 Å². The predicted octanol–water partition coefficient (Wildman–Crippen LogP) is 4.34. The van der Waals surface area contributed by atoms with Gasteiger partial charge in [-0.1, -0.05) is 36.0 Å². The Labute approximate surface area is 185 Å². The van der Waals surface area contributed by atoms with Crippen molar-refractivity contribution in [2.75, 3.05) is 17.6 Å². The summed E-state index contributed by atoms with van der Waals surface area (Å²) in [5, 5.41) is 8.73. The summed E-state index contributed by atoms with van der Waals surface area (Å²) >= 11 is 2.85. The van der Waals surface area contributed by atoms with Gasteiger partial charge in [-0.2, -0.15) is 0 Å². The molecule has 0 atom stereocenters. The fourth-order valence-corrected chi connectivity index (χ4v) is 4.28. The molecule has 0 saturated carbocycles. The van der Waals surface area contributed by atoms with Crippen molar-refractivity contribution in [3.05, 3.63) is 71.9 Å². The van der Waals surface area contributed by atoms with Crippen LogP contribution >= 0.6 is 23.1 Å². The molecule has 0 bridgehead atoms. The van der Waals surface area contributed by atoms with E-state index in [4.69, 9.17) is 0 Å². The van der Waals surface area contributed by atoms with Crippen LogP contribution in [0.15, 0.2) is 71.1 Å². The predicted molar refractivity (Wildman–Crippen MR) is 122 cm³/mol. The number of fused-ring (bicyclic) bond motifs is 1. The van der Waals surface area contributed by atoms with E-state index >= 15 is 0 Å². The summed E-state index contributed by atoms with van der Waals surface area (Å²) in [6.07, 6.45) is 0. The lowest BCUT2D eigenvalue weighted by Gasteiger charge is -2.09. The molecular weight excluding hydrogens is 435 g/mol. The van der Waals surface area contributed by atoms with Crippen molar-refractivity contribution >= 4 is 51.5 Å². The minimum absolute atomic E-state index is 0.106. The maximum absolute atomic E-state index is 12.9. The number of benzene rings is 2. The molecule has 31 heavy (non-hydrogen) atoms. The Morgan fingerprint density at radius 2 is 1.77 bits per heavy atom. The summed E-state index contributed by atoms with van der Waals surface area (Å²) < 4.78 is 12.9. The number of carbonyl (C=O) groups is 2. The summed E-state index contributed by atoms with van der Waals surface area (Å²) in [6.45, 7) is -0.179. The van der Waals surface area contributed by atoms with Gasteiger partial charge >= 0.3 is 0 Å².